The summed E-state index contributed by atoms with van der Waals surface area (Å²) >= 11 is 0. The highest BCUT2D eigenvalue weighted by atomic mass is 14.9. The van der Waals surface area contributed by atoms with Gasteiger partial charge in [-0.15, -0.1) is 0 Å². The van der Waals surface area contributed by atoms with E-state index in [1.165, 1.54) is 31.2 Å². The minimum absolute atomic E-state index is 0.400. The molecule has 0 saturated carbocycles. The molecule has 1 unspecified atom stereocenters. The van der Waals surface area contributed by atoms with Crippen LogP contribution >= 0.6 is 0 Å². The predicted molar refractivity (Wildman–Crippen MR) is 69.4 cm³/mol. The van der Waals surface area contributed by atoms with E-state index in [-0.39, 0.29) is 0 Å². The maximum Gasteiger partial charge on any atom is 0.0315 e. The minimum atomic E-state index is 0.400. The summed E-state index contributed by atoms with van der Waals surface area (Å²) < 4.78 is 0. The van der Waals surface area contributed by atoms with Gasteiger partial charge in [-0.1, -0.05) is 32.8 Å². The van der Waals surface area contributed by atoms with Crippen LogP contribution in [0.15, 0.2) is 24.5 Å². The molecular weight excluding hydrogens is 196 g/mol. The molecule has 0 fully saturated rings. The Labute approximate surface area is 99.5 Å². The van der Waals surface area contributed by atoms with Gasteiger partial charge in [0, 0.05) is 24.5 Å². The van der Waals surface area contributed by atoms with E-state index in [0.29, 0.717) is 12.1 Å². The molecule has 1 atom stereocenters. The standard InChI is InChI=1S/C14H24N2/c1-4-7-14(8-5-2)16-12(3)13-9-6-10-15-11-13/h6,9-12,14,16H,4-5,7-8H2,1-3H3. The molecule has 0 bridgehead atoms. The Balaban J connectivity index is 2.50. The summed E-state index contributed by atoms with van der Waals surface area (Å²) in [5.74, 6) is 0. The van der Waals surface area contributed by atoms with Crippen molar-refractivity contribution in [3.8, 4) is 0 Å². The number of rotatable bonds is 7. The average molecular weight is 220 g/mol. The second kappa shape index (κ2) is 7.39. The fourth-order valence-corrected chi connectivity index (χ4v) is 2.09. The van der Waals surface area contributed by atoms with Crippen LogP contribution in [-0.4, -0.2) is 11.0 Å². The highest BCUT2D eigenvalue weighted by molar-refractivity contribution is 5.12. The summed E-state index contributed by atoms with van der Waals surface area (Å²) in [5, 5.41) is 3.70. The van der Waals surface area contributed by atoms with Crippen LogP contribution in [0.1, 0.15) is 58.1 Å². The van der Waals surface area contributed by atoms with E-state index in [9.17, 15) is 0 Å². The van der Waals surface area contributed by atoms with Crippen molar-refractivity contribution >= 4 is 0 Å². The van der Waals surface area contributed by atoms with Crippen molar-refractivity contribution < 1.29 is 0 Å². The van der Waals surface area contributed by atoms with E-state index in [2.05, 4.69) is 37.1 Å². The highest BCUT2D eigenvalue weighted by Gasteiger charge is 2.11. The zero-order chi connectivity index (χ0) is 11.8. The van der Waals surface area contributed by atoms with E-state index in [1.807, 2.05) is 18.5 Å². The lowest BCUT2D eigenvalue weighted by molar-refractivity contribution is 0.402. The third-order valence-electron chi connectivity index (χ3n) is 2.94. The van der Waals surface area contributed by atoms with Crippen molar-refractivity contribution in [1.29, 1.82) is 0 Å². The molecule has 0 saturated heterocycles. The fourth-order valence-electron chi connectivity index (χ4n) is 2.09. The quantitative estimate of drug-likeness (QED) is 0.758. The van der Waals surface area contributed by atoms with Crippen LogP contribution in [0.5, 0.6) is 0 Å². The van der Waals surface area contributed by atoms with Crippen molar-refractivity contribution in [2.75, 3.05) is 0 Å². The molecule has 90 valence electrons. The Morgan fingerprint density at radius 1 is 1.25 bits per heavy atom. The lowest BCUT2D eigenvalue weighted by Crippen LogP contribution is -2.31. The van der Waals surface area contributed by atoms with Crippen LogP contribution < -0.4 is 5.32 Å². The molecule has 1 rings (SSSR count). The molecule has 1 aromatic rings. The fraction of sp³-hybridized carbons (Fsp3) is 0.643. The van der Waals surface area contributed by atoms with Crippen LogP contribution in [0.4, 0.5) is 0 Å². The molecule has 1 N–H and O–H groups in total. The zero-order valence-corrected chi connectivity index (χ0v) is 10.7. The van der Waals surface area contributed by atoms with E-state index < -0.39 is 0 Å². The van der Waals surface area contributed by atoms with Gasteiger partial charge in [-0.3, -0.25) is 4.98 Å². The van der Waals surface area contributed by atoms with Crippen molar-refractivity contribution in [2.24, 2.45) is 0 Å². The molecule has 0 amide bonds. The van der Waals surface area contributed by atoms with Gasteiger partial charge in [-0.05, 0) is 31.4 Å². The molecule has 16 heavy (non-hydrogen) atoms. The molecule has 0 aliphatic rings. The SMILES string of the molecule is CCCC(CCC)NC(C)c1cccnc1. The van der Waals surface area contributed by atoms with Gasteiger partial charge < -0.3 is 5.32 Å². The summed E-state index contributed by atoms with van der Waals surface area (Å²) in [4.78, 5) is 4.17. The molecule has 1 aromatic heterocycles. The van der Waals surface area contributed by atoms with Gasteiger partial charge >= 0.3 is 0 Å². The number of hydrogen-bond donors (Lipinski definition) is 1. The number of aromatic nitrogens is 1. The second-order valence-corrected chi connectivity index (χ2v) is 4.45. The van der Waals surface area contributed by atoms with Crippen molar-refractivity contribution in [3.05, 3.63) is 30.1 Å². The predicted octanol–water partition coefficient (Wildman–Crippen LogP) is 3.70. The highest BCUT2D eigenvalue weighted by Crippen LogP contribution is 2.14. The topological polar surface area (TPSA) is 24.9 Å². The van der Waals surface area contributed by atoms with Crippen molar-refractivity contribution in [1.82, 2.24) is 10.3 Å². The van der Waals surface area contributed by atoms with Crippen molar-refractivity contribution in [3.63, 3.8) is 0 Å². The van der Waals surface area contributed by atoms with Crippen LogP contribution in [0.2, 0.25) is 0 Å². The van der Waals surface area contributed by atoms with Crippen LogP contribution in [0.3, 0.4) is 0 Å². The van der Waals surface area contributed by atoms with E-state index in [1.54, 1.807) is 0 Å². The summed E-state index contributed by atoms with van der Waals surface area (Å²) in [5.41, 5.74) is 1.28. The molecule has 0 aliphatic carbocycles. The molecular formula is C14H24N2. The lowest BCUT2D eigenvalue weighted by Gasteiger charge is -2.22. The lowest BCUT2D eigenvalue weighted by atomic mass is 10.0. The maximum absolute atomic E-state index is 4.17. The Morgan fingerprint density at radius 2 is 1.94 bits per heavy atom. The van der Waals surface area contributed by atoms with Gasteiger partial charge in [0.1, 0.15) is 0 Å². The first-order chi connectivity index (χ1) is 7.77. The van der Waals surface area contributed by atoms with Crippen molar-refractivity contribution in [2.45, 2.75) is 58.5 Å². The Hall–Kier alpha value is -0.890. The summed E-state index contributed by atoms with van der Waals surface area (Å²) in [6.07, 6.45) is 8.80. The Bertz CT molecular complexity index is 265. The van der Waals surface area contributed by atoms with Gasteiger partial charge in [0.2, 0.25) is 0 Å². The third kappa shape index (κ3) is 4.31. The summed E-state index contributed by atoms with van der Waals surface area (Å²) in [7, 11) is 0. The van der Waals surface area contributed by atoms with E-state index >= 15 is 0 Å². The number of hydrogen-bond acceptors (Lipinski definition) is 2. The van der Waals surface area contributed by atoms with Gasteiger partial charge in [-0.2, -0.15) is 0 Å². The first-order valence-corrected chi connectivity index (χ1v) is 6.43. The van der Waals surface area contributed by atoms with Gasteiger partial charge in [-0.25, -0.2) is 0 Å². The number of nitrogens with zero attached hydrogens (tertiary/aromatic N) is 1. The number of nitrogens with one attached hydrogen (secondary N) is 1. The summed E-state index contributed by atoms with van der Waals surface area (Å²) in [6.45, 7) is 6.72. The summed E-state index contributed by atoms with van der Waals surface area (Å²) in [6, 6.07) is 5.18. The Kier molecular flexibility index (Phi) is 6.09. The Morgan fingerprint density at radius 3 is 2.44 bits per heavy atom. The zero-order valence-electron chi connectivity index (χ0n) is 10.7. The van der Waals surface area contributed by atoms with Gasteiger partial charge in [0.15, 0.2) is 0 Å². The van der Waals surface area contributed by atoms with Crippen LogP contribution in [-0.2, 0) is 0 Å². The van der Waals surface area contributed by atoms with E-state index in [4.69, 9.17) is 0 Å². The third-order valence-corrected chi connectivity index (χ3v) is 2.94. The average Bonchev–Trinajstić information content (AvgIpc) is 2.31. The first kappa shape index (κ1) is 13.2. The second-order valence-electron chi connectivity index (χ2n) is 4.45. The van der Waals surface area contributed by atoms with Crippen LogP contribution in [0.25, 0.3) is 0 Å². The maximum atomic E-state index is 4.17. The minimum Gasteiger partial charge on any atom is -0.307 e. The van der Waals surface area contributed by atoms with Crippen LogP contribution in [0, 0.1) is 0 Å². The molecule has 0 aliphatic heterocycles. The van der Waals surface area contributed by atoms with Gasteiger partial charge in [0.25, 0.3) is 0 Å². The normalized spacial score (nSPS) is 13.0. The molecule has 1 heterocycles. The first-order valence-electron chi connectivity index (χ1n) is 6.43. The smallest absolute Gasteiger partial charge is 0.0315 e. The molecule has 2 nitrogen and oxygen atoms in total. The molecule has 0 radical (unpaired) electrons. The van der Waals surface area contributed by atoms with Gasteiger partial charge in [0.05, 0.1) is 0 Å². The largest absolute Gasteiger partial charge is 0.307 e. The molecule has 0 spiro atoms. The van der Waals surface area contributed by atoms with E-state index in [0.717, 1.165) is 0 Å². The molecule has 2 heteroatoms. The monoisotopic (exact) mass is 220 g/mol. The number of pyridine rings is 1. The molecule has 0 aromatic carbocycles.